The Morgan fingerprint density at radius 2 is 0.424 bits per heavy atom. The van der Waals surface area contributed by atoms with E-state index >= 15 is 0 Å². The lowest BCUT2D eigenvalue weighted by atomic mass is 10.1. The second kappa shape index (κ2) is 29.2. The normalized spacial score (nSPS) is 13.2. The van der Waals surface area contributed by atoms with Gasteiger partial charge in [0, 0.05) is 65.4 Å². The highest BCUT2D eigenvalue weighted by atomic mass is 32.2. The van der Waals surface area contributed by atoms with Gasteiger partial charge in [0.25, 0.3) is 0 Å². The van der Waals surface area contributed by atoms with Gasteiger partial charge in [0.15, 0.2) is 0 Å². The van der Waals surface area contributed by atoms with E-state index in [0.29, 0.717) is 68.5 Å². The van der Waals surface area contributed by atoms with Crippen LogP contribution in [0.5, 0.6) is 0 Å². The van der Waals surface area contributed by atoms with Crippen molar-refractivity contribution in [2.45, 2.75) is 155 Å². The molecule has 15 nitrogen and oxygen atoms in total. The summed E-state index contributed by atoms with van der Waals surface area (Å²) in [6.07, 6.45) is 10.4. The number of sulfonamides is 5. The molecule has 0 aromatic heterocycles. The zero-order valence-corrected chi connectivity index (χ0v) is 57.2. The van der Waals surface area contributed by atoms with Crippen LogP contribution < -0.4 is 0 Å². The van der Waals surface area contributed by atoms with E-state index in [1.54, 1.807) is 144 Å². The number of nitrogens with zero attached hydrogens (tertiary/aromatic N) is 5. The van der Waals surface area contributed by atoms with Gasteiger partial charge in [0.2, 0.25) is 50.1 Å². The molecule has 5 aromatic rings. The third kappa shape index (κ3) is 16.7. The van der Waals surface area contributed by atoms with E-state index in [4.69, 9.17) is 0 Å². The smallest absolute Gasteiger partial charge is 0.207 e. The molecule has 466 valence electrons. The van der Waals surface area contributed by atoms with Gasteiger partial charge in [-0.15, -0.1) is 0 Å². The molecule has 0 aliphatic heterocycles. The van der Waals surface area contributed by atoms with Crippen molar-refractivity contribution in [2.75, 3.05) is 65.4 Å². The Bertz CT molecular complexity index is 3830. The fourth-order valence-electron chi connectivity index (χ4n) is 11.9. The fourth-order valence-corrected chi connectivity index (χ4v) is 21.0. The van der Waals surface area contributed by atoms with Crippen LogP contribution in [0.2, 0.25) is 0 Å². The van der Waals surface area contributed by atoms with Crippen LogP contribution in [0.3, 0.4) is 0 Å². The van der Waals surface area contributed by atoms with E-state index in [2.05, 4.69) is 0 Å². The van der Waals surface area contributed by atoms with Gasteiger partial charge in [-0.1, -0.05) is 139 Å². The molecule has 5 rings (SSSR count). The Hall–Kier alpha value is -5.13. The lowest BCUT2D eigenvalue weighted by molar-refractivity contribution is 0.387. The summed E-state index contributed by atoms with van der Waals surface area (Å²) in [6.45, 7) is 30.5. The summed E-state index contributed by atoms with van der Waals surface area (Å²) in [5.74, 6) is 0. The van der Waals surface area contributed by atoms with Crippen molar-refractivity contribution in [3.05, 3.63) is 181 Å². The summed E-state index contributed by atoms with van der Waals surface area (Å²) in [7, 11) is -20.3. The van der Waals surface area contributed by atoms with Gasteiger partial charge in [-0.3, -0.25) is 0 Å². The second-order valence-electron chi connectivity index (χ2n) is 22.7. The van der Waals surface area contributed by atoms with Gasteiger partial charge < -0.3 is 0 Å². The van der Waals surface area contributed by atoms with Crippen LogP contribution >= 0.6 is 0 Å². The molecular weight excluding hydrogens is 1170 g/mol. The van der Waals surface area contributed by atoms with Crippen molar-refractivity contribution in [3.8, 4) is 0 Å². The first-order valence-electron chi connectivity index (χ1n) is 28.9. The Morgan fingerprint density at radius 1 is 0.259 bits per heavy atom. The third-order valence-electron chi connectivity index (χ3n) is 15.1. The molecular formula is C65H91N5O10S5. The molecule has 0 saturated heterocycles. The Balaban J connectivity index is 1.47. The first kappa shape index (κ1) is 70.6. The largest absolute Gasteiger partial charge is 0.244 e. The average molecular weight is 1260 g/mol. The van der Waals surface area contributed by atoms with E-state index in [-0.39, 0.29) is 89.9 Å². The summed E-state index contributed by atoms with van der Waals surface area (Å²) < 4.78 is 152. The van der Waals surface area contributed by atoms with E-state index in [9.17, 15) is 42.1 Å². The predicted molar refractivity (Wildman–Crippen MR) is 345 cm³/mol. The average Bonchev–Trinajstić information content (AvgIpc) is 2.55. The molecule has 0 amide bonds. The molecule has 85 heavy (non-hydrogen) atoms. The Labute approximate surface area is 511 Å². The molecule has 0 spiro atoms. The minimum absolute atomic E-state index is 0.0103. The molecule has 0 aliphatic carbocycles. The van der Waals surface area contributed by atoms with Gasteiger partial charge in [0.1, 0.15) is 0 Å². The molecule has 0 radical (unpaired) electrons. The molecule has 0 unspecified atom stereocenters. The molecule has 0 heterocycles. The van der Waals surface area contributed by atoms with Crippen LogP contribution in [-0.4, -0.2) is 129 Å². The summed E-state index contributed by atoms with van der Waals surface area (Å²) in [6, 6.07) is 18.2. The molecule has 20 heteroatoms. The van der Waals surface area contributed by atoms with Gasteiger partial charge >= 0.3 is 0 Å². The van der Waals surface area contributed by atoms with Crippen LogP contribution in [0.15, 0.2) is 122 Å². The molecule has 0 aliphatic rings. The van der Waals surface area contributed by atoms with Crippen molar-refractivity contribution in [3.63, 3.8) is 0 Å². The number of rotatable bonds is 29. The molecule has 0 bridgehead atoms. The van der Waals surface area contributed by atoms with Crippen LogP contribution in [0, 0.1) is 104 Å². The lowest BCUT2D eigenvalue weighted by Crippen LogP contribution is -2.35. The summed E-state index contributed by atoms with van der Waals surface area (Å²) >= 11 is 0. The van der Waals surface area contributed by atoms with E-state index in [1.807, 2.05) is 71.0 Å². The molecule has 0 fully saturated rings. The van der Waals surface area contributed by atoms with Gasteiger partial charge in [-0.2, -0.15) is 21.5 Å². The van der Waals surface area contributed by atoms with Crippen molar-refractivity contribution in [2.24, 2.45) is 0 Å². The fraction of sp³-hybridized carbons (Fsp3) is 0.446. The highest BCUT2D eigenvalue weighted by molar-refractivity contribution is 7.90. The van der Waals surface area contributed by atoms with Crippen molar-refractivity contribution < 1.29 is 42.1 Å². The maximum absolute atomic E-state index is 14.9. The van der Waals surface area contributed by atoms with Crippen LogP contribution in [0.1, 0.15) is 110 Å². The van der Waals surface area contributed by atoms with Crippen molar-refractivity contribution >= 4 is 50.1 Å². The van der Waals surface area contributed by atoms with Crippen LogP contribution in [0.4, 0.5) is 0 Å². The van der Waals surface area contributed by atoms with E-state index < -0.39 is 50.1 Å². The Morgan fingerprint density at radius 3 is 0.647 bits per heavy atom. The standard InChI is InChI=1S/C65H91N5O10S5/c1-18-66(81(71,72)61-51(8)36-46(3)37-52(61)9)28-20-22-30-68(83(75,76)63-55(12)40-48(5)41-56(63)13)32-24-26-34-70(85(79,80)65-59(16)44-50(7)45-60(65)17)35-27-25-33-69(84(77,78)64-57(14)42-49(6)43-58(64)15)31-23-21-29-67(19-2)82(73,74)62-53(10)38-47(4)39-54(62)11/h20,22,24-27,36-45H,18-19,21,23,28-35H2,1-17H3/b22-20-,26-24-,27-25-. The molecule has 0 saturated carbocycles. The molecule has 0 N–H and O–H groups in total. The van der Waals surface area contributed by atoms with Crippen molar-refractivity contribution in [1.29, 1.82) is 0 Å². The summed E-state index contributed by atoms with van der Waals surface area (Å²) in [4.78, 5) is 0.962. The lowest BCUT2D eigenvalue weighted by Gasteiger charge is -2.25. The monoisotopic (exact) mass is 1260 g/mol. The number of likely N-dealkylation sites (N-methyl/N-ethyl adjacent to an activating group) is 1. The number of hydrogen-bond acceptors (Lipinski definition) is 10. The SMILES string of the molecule is CCN(C/C=C\CN(C/C=C\CN(C/C=C\CN(CCCCN(CC)S(=O)(=O)c1c(C)cc(C)cc1C)S(=O)(=O)c1c(C)cc(C)cc1C)S(=O)(=O)c1c(C)cc(C)cc1C)S(=O)(=O)c1c(C)cc(C)cc1C)S(=O)(=O)c1c(C)cc(C)cc1C. The van der Waals surface area contributed by atoms with E-state index in [1.165, 1.54) is 21.5 Å². The number of aryl methyl sites for hydroxylation is 15. The number of hydrogen-bond donors (Lipinski definition) is 0. The van der Waals surface area contributed by atoms with Crippen molar-refractivity contribution in [1.82, 2.24) is 21.5 Å². The topological polar surface area (TPSA) is 187 Å². The van der Waals surface area contributed by atoms with Crippen LogP contribution in [-0.2, 0) is 50.1 Å². The first-order chi connectivity index (χ1) is 39.5. The summed E-state index contributed by atoms with van der Waals surface area (Å²) in [5, 5.41) is 0. The van der Waals surface area contributed by atoms with Gasteiger partial charge in [-0.25, -0.2) is 42.1 Å². The zero-order chi connectivity index (χ0) is 63.7. The number of unbranched alkanes of at least 4 members (excludes halogenated alkanes) is 1. The van der Waals surface area contributed by atoms with Gasteiger partial charge in [-0.05, 0) is 172 Å². The molecule has 5 aromatic carbocycles. The minimum Gasteiger partial charge on any atom is -0.207 e. The van der Waals surface area contributed by atoms with Gasteiger partial charge in [0.05, 0.1) is 24.5 Å². The quantitative estimate of drug-likeness (QED) is 0.0329. The maximum Gasteiger partial charge on any atom is 0.244 e. The number of benzene rings is 5. The summed E-state index contributed by atoms with van der Waals surface area (Å²) in [5.41, 5.74) is 10.6. The van der Waals surface area contributed by atoms with E-state index in [0.717, 1.165) is 27.8 Å². The van der Waals surface area contributed by atoms with Crippen LogP contribution in [0.25, 0.3) is 0 Å². The Kier molecular flexibility index (Phi) is 24.3. The zero-order valence-electron chi connectivity index (χ0n) is 53.1. The second-order valence-corrected chi connectivity index (χ2v) is 32.1. The highest BCUT2D eigenvalue weighted by Crippen LogP contribution is 2.31. The highest BCUT2D eigenvalue weighted by Gasteiger charge is 2.32. The predicted octanol–water partition coefficient (Wildman–Crippen LogP) is 11.6. The first-order valence-corrected chi connectivity index (χ1v) is 36.1. The molecule has 0 atom stereocenters. The minimum atomic E-state index is -4.24. The maximum atomic E-state index is 14.9. The third-order valence-corrected chi connectivity index (χ3v) is 26.1.